The van der Waals surface area contributed by atoms with Crippen LogP contribution in [0.25, 0.3) is 0 Å². The van der Waals surface area contributed by atoms with Gasteiger partial charge in [-0.2, -0.15) is 0 Å². The lowest BCUT2D eigenvalue weighted by atomic mass is 9.81. The lowest BCUT2D eigenvalue weighted by Gasteiger charge is -2.46. The van der Waals surface area contributed by atoms with Crippen LogP contribution in [0.4, 0.5) is 0 Å². The van der Waals surface area contributed by atoms with Crippen molar-refractivity contribution in [2.75, 3.05) is 6.61 Å². The second-order valence-electron chi connectivity index (χ2n) is 5.63. The van der Waals surface area contributed by atoms with Crippen molar-refractivity contribution in [1.82, 2.24) is 0 Å². The van der Waals surface area contributed by atoms with Gasteiger partial charge in [-0.15, -0.1) is 0 Å². The topological polar surface area (TPSA) is 155 Å². The summed E-state index contributed by atoms with van der Waals surface area (Å²) in [5.74, 6) is -3.57. The minimum absolute atomic E-state index is 0.499. The molecule has 2 saturated heterocycles. The molecule has 0 unspecified atom stereocenters. The molecule has 2 N–H and O–H groups in total. The van der Waals surface area contributed by atoms with Crippen LogP contribution >= 0.6 is 0 Å². The zero-order valence-corrected chi connectivity index (χ0v) is 13.7. The van der Waals surface area contributed by atoms with Crippen molar-refractivity contribution in [3.63, 3.8) is 0 Å². The van der Waals surface area contributed by atoms with Crippen molar-refractivity contribution in [1.29, 1.82) is 0 Å². The Balaban J connectivity index is 2.41. The zero-order valence-electron chi connectivity index (χ0n) is 13.7. The normalized spacial score (nSPS) is 36.8. The quantitative estimate of drug-likeness (QED) is 0.413. The highest BCUT2D eigenvalue weighted by molar-refractivity contribution is 5.80. The predicted molar refractivity (Wildman–Crippen MR) is 73.5 cm³/mol. The van der Waals surface area contributed by atoms with Gasteiger partial charge in [-0.3, -0.25) is 14.4 Å². The lowest BCUT2D eigenvalue weighted by Crippen LogP contribution is -2.70. The van der Waals surface area contributed by atoms with Crippen LogP contribution in [0.2, 0.25) is 0 Å². The second kappa shape index (κ2) is 6.94. The molecule has 6 atom stereocenters. The Morgan fingerprint density at radius 1 is 1.12 bits per heavy atom. The third-order valence-electron chi connectivity index (χ3n) is 3.74. The van der Waals surface area contributed by atoms with Crippen molar-refractivity contribution in [3.05, 3.63) is 0 Å². The van der Waals surface area contributed by atoms with Crippen molar-refractivity contribution in [2.24, 2.45) is 0 Å². The largest absolute Gasteiger partial charge is 0.463 e. The van der Waals surface area contributed by atoms with E-state index in [0.29, 0.717) is 0 Å². The first kappa shape index (κ1) is 19.1. The van der Waals surface area contributed by atoms with Crippen molar-refractivity contribution >= 4 is 23.9 Å². The summed E-state index contributed by atoms with van der Waals surface area (Å²) >= 11 is 0. The first-order valence-corrected chi connectivity index (χ1v) is 7.31. The molecule has 0 radical (unpaired) electrons. The fraction of sp³-hybridized carbons (Fsp3) is 0.714. The molecule has 0 aromatic rings. The Kier molecular flexibility index (Phi) is 5.30. The van der Waals surface area contributed by atoms with E-state index >= 15 is 0 Å². The van der Waals surface area contributed by atoms with Gasteiger partial charge in [0.1, 0.15) is 12.7 Å². The third kappa shape index (κ3) is 3.57. The maximum atomic E-state index is 11.7. The van der Waals surface area contributed by atoms with Gasteiger partial charge in [0, 0.05) is 20.8 Å². The molecule has 2 fully saturated rings. The highest BCUT2D eigenvalue weighted by Gasteiger charge is 2.70. The number of hydrogen-bond donors (Lipinski definition) is 2. The van der Waals surface area contributed by atoms with E-state index in [4.69, 9.17) is 23.7 Å². The third-order valence-corrected chi connectivity index (χ3v) is 3.74. The summed E-state index contributed by atoms with van der Waals surface area (Å²) in [4.78, 5) is 45.4. The fourth-order valence-corrected chi connectivity index (χ4v) is 2.76. The molecule has 0 bridgehead atoms. The van der Waals surface area contributed by atoms with Gasteiger partial charge in [0.25, 0.3) is 0 Å². The Labute approximate surface area is 141 Å². The van der Waals surface area contributed by atoms with Gasteiger partial charge in [-0.05, 0) is 0 Å². The first-order chi connectivity index (χ1) is 11.6. The SMILES string of the molecule is CC(=O)OC[C@H]1O[C@@H](OC(C)=O)[C@@H]2OC(=O)[C@@H](O)[C@]2(O)[C@@H]1OC(C)=O. The van der Waals surface area contributed by atoms with Crippen LogP contribution < -0.4 is 0 Å². The molecule has 2 rings (SSSR count). The van der Waals surface area contributed by atoms with Crippen LogP contribution in [-0.2, 0) is 42.9 Å². The summed E-state index contributed by atoms with van der Waals surface area (Å²) < 4.78 is 24.9. The van der Waals surface area contributed by atoms with E-state index in [0.717, 1.165) is 20.8 Å². The van der Waals surface area contributed by atoms with Crippen LogP contribution in [0.3, 0.4) is 0 Å². The molecule has 0 aromatic carbocycles. The Hall–Kier alpha value is -2.24. The Morgan fingerprint density at radius 2 is 1.72 bits per heavy atom. The number of fused-ring (bicyclic) bond motifs is 1. The van der Waals surface area contributed by atoms with E-state index in [-0.39, 0.29) is 0 Å². The van der Waals surface area contributed by atoms with Crippen LogP contribution in [-0.4, -0.2) is 77.0 Å². The molecule has 2 aliphatic heterocycles. The molecule has 11 nitrogen and oxygen atoms in total. The molecule has 2 aliphatic rings. The van der Waals surface area contributed by atoms with Gasteiger partial charge < -0.3 is 33.9 Å². The first-order valence-electron chi connectivity index (χ1n) is 7.31. The maximum Gasteiger partial charge on any atom is 0.338 e. The van der Waals surface area contributed by atoms with E-state index in [2.05, 4.69) is 0 Å². The molecule has 0 aliphatic carbocycles. The summed E-state index contributed by atoms with van der Waals surface area (Å²) in [5, 5.41) is 21.0. The molecular weight excluding hydrogens is 344 g/mol. The van der Waals surface area contributed by atoms with Crippen LogP contribution in [0.5, 0.6) is 0 Å². The number of rotatable bonds is 4. The van der Waals surface area contributed by atoms with E-state index in [9.17, 15) is 29.4 Å². The Bertz CT molecular complexity index is 587. The highest BCUT2D eigenvalue weighted by Crippen LogP contribution is 2.41. The molecule has 2 heterocycles. The number of carbonyl (C=O) groups excluding carboxylic acids is 4. The van der Waals surface area contributed by atoms with Gasteiger partial charge in [-0.25, -0.2) is 4.79 Å². The number of aliphatic hydroxyl groups excluding tert-OH is 1. The molecule has 0 saturated carbocycles. The standard InChI is InChI=1S/C14H18O11/c1-5(15)21-4-8-10(22-6(2)16)14(20)9(18)12(19)25-11(14)13(24-8)23-7(3)17/h8-11,13,18,20H,4H2,1-3H3/t8-,9-,10-,11+,13-,14+/m1/s1. The summed E-state index contributed by atoms with van der Waals surface area (Å²) in [6, 6.07) is 0. The number of ether oxygens (including phenoxy) is 5. The molecule has 11 heteroatoms. The van der Waals surface area contributed by atoms with Gasteiger partial charge in [0.2, 0.25) is 6.29 Å². The number of aliphatic hydroxyl groups is 2. The van der Waals surface area contributed by atoms with E-state index in [1.807, 2.05) is 0 Å². The van der Waals surface area contributed by atoms with Gasteiger partial charge in [0.05, 0.1) is 0 Å². The monoisotopic (exact) mass is 362 g/mol. The zero-order chi connectivity index (χ0) is 18.9. The van der Waals surface area contributed by atoms with Crippen molar-refractivity contribution in [2.45, 2.75) is 57.1 Å². The van der Waals surface area contributed by atoms with E-state index in [1.165, 1.54) is 0 Å². The van der Waals surface area contributed by atoms with Gasteiger partial charge in [0.15, 0.2) is 23.9 Å². The van der Waals surface area contributed by atoms with E-state index < -0.39 is 66.8 Å². The Morgan fingerprint density at radius 3 is 2.24 bits per heavy atom. The number of hydrogen-bond acceptors (Lipinski definition) is 11. The fourth-order valence-electron chi connectivity index (χ4n) is 2.76. The van der Waals surface area contributed by atoms with Crippen LogP contribution in [0.1, 0.15) is 20.8 Å². The molecule has 0 aromatic heterocycles. The summed E-state index contributed by atoms with van der Waals surface area (Å²) in [6.07, 6.45) is -8.29. The molecule has 0 spiro atoms. The summed E-state index contributed by atoms with van der Waals surface area (Å²) in [5.41, 5.74) is -2.47. The molecule has 140 valence electrons. The van der Waals surface area contributed by atoms with Crippen molar-refractivity contribution < 1.29 is 53.1 Å². The average Bonchev–Trinajstić information content (AvgIpc) is 2.72. The lowest BCUT2D eigenvalue weighted by molar-refractivity contribution is -0.320. The summed E-state index contributed by atoms with van der Waals surface area (Å²) in [6.45, 7) is 2.70. The molecule has 0 amide bonds. The van der Waals surface area contributed by atoms with Gasteiger partial charge in [-0.1, -0.05) is 0 Å². The van der Waals surface area contributed by atoms with E-state index in [1.54, 1.807) is 0 Å². The van der Waals surface area contributed by atoms with Gasteiger partial charge >= 0.3 is 23.9 Å². The van der Waals surface area contributed by atoms with Crippen molar-refractivity contribution in [3.8, 4) is 0 Å². The molecular formula is C14H18O11. The minimum Gasteiger partial charge on any atom is -0.463 e. The highest BCUT2D eigenvalue weighted by atomic mass is 16.7. The predicted octanol–water partition coefficient (Wildman–Crippen LogP) is -2.21. The van der Waals surface area contributed by atoms with Crippen LogP contribution in [0.15, 0.2) is 0 Å². The molecule has 25 heavy (non-hydrogen) atoms. The minimum atomic E-state index is -2.47. The van der Waals surface area contributed by atoms with Crippen LogP contribution in [0, 0.1) is 0 Å². The second-order valence-corrected chi connectivity index (χ2v) is 5.63. The number of esters is 4. The summed E-state index contributed by atoms with van der Waals surface area (Å²) in [7, 11) is 0. The average molecular weight is 362 g/mol. The smallest absolute Gasteiger partial charge is 0.338 e. The maximum absolute atomic E-state index is 11.7. The number of carbonyl (C=O) groups is 4.